The molecule has 1 nitrogen and oxygen atoms in total. The Labute approximate surface area is 54.4 Å². The third kappa shape index (κ3) is 133. The van der Waals surface area contributed by atoms with Crippen LogP contribution in [0.5, 0.6) is 0 Å². The molecule has 0 heterocycles. The molecule has 0 aliphatic heterocycles. The molecule has 0 aromatic heterocycles. The molecule has 0 unspecified atom stereocenters. The second kappa shape index (κ2) is 261. The molecule has 0 saturated carbocycles. The van der Waals surface area contributed by atoms with Gasteiger partial charge in [-0.15, -0.1) is 0 Å². The minimum atomic E-state index is 0. The quantitative estimate of drug-likeness (QED) is 0.341. The van der Waals surface area contributed by atoms with Crippen LogP contribution in [0.25, 0.3) is 0 Å². The fourth-order valence-electron chi connectivity index (χ4n) is 0. The first-order valence-corrected chi connectivity index (χ1v) is 0.561. The fourth-order valence-corrected chi connectivity index (χ4v) is 0. The molecule has 0 aliphatic carbocycles. The van der Waals surface area contributed by atoms with E-state index in [2.05, 4.69) is 15.7 Å². The summed E-state index contributed by atoms with van der Waals surface area (Å²) >= 11 is 2.31. The van der Waals surface area contributed by atoms with Crippen LogP contribution in [0, 0.1) is 0 Å². The molecule has 0 aromatic rings. The average Bonchev–Trinajstić information content (AvgIpc) is 1.00. The van der Waals surface area contributed by atoms with Gasteiger partial charge in [-0.25, -0.2) is 0 Å². The van der Waals surface area contributed by atoms with Crippen LogP contribution in [-0.2, 0) is 19.5 Å². The first kappa shape index (κ1) is 75.6. The Balaban J connectivity index is -0.000000000500. The van der Waals surface area contributed by atoms with E-state index in [0.29, 0.717) is 0 Å². The Kier molecular flexibility index (Phi) is 3280. The van der Waals surface area contributed by atoms with Gasteiger partial charge in [0.25, 0.3) is 0 Å². The molecule has 0 N–H and O–H groups in total. The van der Waals surface area contributed by atoms with Gasteiger partial charge in [0.1, 0.15) is 0 Å². The molecule has 0 amide bonds. The van der Waals surface area contributed by atoms with E-state index in [0.717, 1.165) is 0 Å². The molecule has 0 bridgehead atoms. The van der Waals surface area contributed by atoms with Gasteiger partial charge in [-0.05, 0) is 0 Å². The van der Waals surface area contributed by atoms with Crippen LogP contribution in [0.2, 0.25) is 0 Å². The summed E-state index contributed by atoms with van der Waals surface area (Å²) in [6, 6.07) is 0. The van der Waals surface area contributed by atoms with Gasteiger partial charge in [0, 0.05) is 0 Å². The number of hydrogen-bond acceptors (Lipinski definition) is 1. The molecule has 6 heavy (non-hydrogen) atoms. The van der Waals surface area contributed by atoms with Crippen molar-refractivity contribution >= 4 is 0 Å². The van der Waals surface area contributed by atoms with E-state index < -0.39 is 0 Å². The summed E-state index contributed by atoms with van der Waals surface area (Å²) in [6.45, 7) is 0. The van der Waals surface area contributed by atoms with Gasteiger partial charge < -0.3 is 1.43 Å². The number of halogens is 3. The molecule has 0 radical (unpaired) electrons. The molecular weight excluding hydrogens is 139 g/mol. The Hall–Kier alpha value is 0.694. The molecule has 41 valence electrons. The van der Waals surface area contributed by atoms with Crippen LogP contribution in [-0.4, -0.2) is 0 Å². The van der Waals surface area contributed by atoms with E-state index in [1.165, 1.54) is 0 Å². The first-order chi connectivity index (χ1) is 1.00. The molecule has 0 saturated heterocycles. The van der Waals surface area contributed by atoms with Gasteiger partial charge in [0.15, 0.2) is 0 Å². The summed E-state index contributed by atoms with van der Waals surface area (Å²) in [6.07, 6.45) is 0. The summed E-state index contributed by atoms with van der Waals surface area (Å²) in [4.78, 5) is 0. The van der Waals surface area contributed by atoms with Crippen molar-refractivity contribution in [1.82, 2.24) is 0 Å². The third-order valence-corrected chi connectivity index (χ3v) is 0. The maximum absolute atomic E-state index is 7.94. The van der Waals surface area contributed by atoms with Crippen LogP contribution in [0.4, 0.5) is 14.1 Å². The Morgan fingerprint density at radius 2 is 1.00 bits per heavy atom. The van der Waals surface area contributed by atoms with E-state index in [-0.39, 0.29) is 34.4 Å². The van der Waals surface area contributed by atoms with Crippen molar-refractivity contribution < 1.29 is 53.9 Å². The van der Waals surface area contributed by atoms with Gasteiger partial charge in [0.05, 0.1) is 0 Å². The van der Waals surface area contributed by atoms with E-state index in [1.54, 1.807) is 0 Å². The summed E-state index contributed by atoms with van der Waals surface area (Å²) in [5.41, 5.74) is 0. The Morgan fingerprint density at radius 3 is 1.00 bits per heavy atom. The molecular formula is H4CoF3LiO. The number of hydrogen-bond donors (Lipinski definition) is 0. The van der Waals surface area contributed by atoms with Crippen LogP contribution in [0.3, 0.4) is 0 Å². The molecule has 0 spiro atoms. The van der Waals surface area contributed by atoms with Crippen molar-refractivity contribution in [2.75, 3.05) is 0 Å². The zero-order valence-electron chi connectivity index (χ0n) is 3.97. The van der Waals surface area contributed by atoms with Gasteiger partial charge in [0.2, 0.25) is 0 Å². The van der Waals surface area contributed by atoms with Crippen LogP contribution in [0.1, 0.15) is 1.43 Å². The normalized spacial score (nSPS) is 0.833. The summed E-state index contributed by atoms with van der Waals surface area (Å²) in [7, 11) is 0. The minimum absolute atomic E-state index is 0. The molecule has 0 fully saturated rings. The van der Waals surface area contributed by atoms with Crippen molar-refractivity contribution in [2.45, 2.75) is 0 Å². The molecule has 0 rings (SSSR count). The van der Waals surface area contributed by atoms with Crippen molar-refractivity contribution in [3.63, 3.8) is 0 Å². The number of rotatable bonds is 0. The Morgan fingerprint density at radius 1 is 1.00 bits per heavy atom. The SMILES string of the molecule is F.F.F.[H-].[Li+].[O]=[Co]. The van der Waals surface area contributed by atoms with Crippen molar-refractivity contribution in [2.24, 2.45) is 0 Å². The summed E-state index contributed by atoms with van der Waals surface area (Å²) in [5.74, 6) is 0. The van der Waals surface area contributed by atoms with Crippen molar-refractivity contribution in [1.29, 1.82) is 0 Å². The van der Waals surface area contributed by atoms with Gasteiger partial charge >= 0.3 is 38.4 Å². The standard InChI is InChI=1S/Co.3FH.Li.O.H/h;3*1H;;;/q;;;;+1;;-1. The van der Waals surface area contributed by atoms with E-state index in [9.17, 15) is 0 Å². The first-order valence-electron chi connectivity index (χ1n) is 0.136. The second-order valence-electron chi connectivity index (χ2n) is 0. The summed E-state index contributed by atoms with van der Waals surface area (Å²) < 4.78 is 7.94. The predicted molar refractivity (Wildman–Crippen MR) is 9.31 cm³/mol. The Bertz CT molecular complexity index is 14.9. The van der Waals surface area contributed by atoms with Crippen molar-refractivity contribution in [3.8, 4) is 0 Å². The van der Waals surface area contributed by atoms with E-state index >= 15 is 0 Å². The average molecular weight is 143 g/mol. The molecule has 6 heteroatoms. The maximum atomic E-state index is 7.94. The van der Waals surface area contributed by atoms with E-state index in [4.69, 9.17) is 3.87 Å². The van der Waals surface area contributed by atoms with Crippen LogP contribution in [0.15, 0.2) is 0 Å². The van der Waals surface area contributed by atoms with Gasteiger partial charge in [-0.1, -0.05) is 0 Å². The van der Waals surface area contributed by atoms with Crippen LogP contribution >= 0.6 is 0 Å². The van der Waals surface area contributed by atoms with Crippen molar-refractivity contribution in [3.05, 3.63) is 0 Å². The third-order valence-electron chi connectivity index (χ3n) is 0. The van der Waals surface area contributed by atoms with E-state index in [1.807, 2.05) is 0 Å². The second-order valence-corrected chi connectivity index (χ2v) is 0. The van der Waals surface area contributed by atoms with Crippen LogP contribution < -0.4 is 18.9 Å². The molecule has 0 atom stereocenters. The molecule has 0 aromatic carbocycles. The predicted octanol–water partition coefficient (Wildman–Crippen LogP) is -2.55. The fraction of sp³-hybridized carbons (Fsp3) is 0. The zero-order chi connectivity index (χ0) is 2.00. The zero-order valence-corrected chi connectivity index (χ0v) is 4.01. The van der Waals surface area contributed by atoms with Gasteiger partial charge in [-0.2, -0.15) is 0 Å². The van der Waals surface area contributed by atoms with Gasteiger partial charge in [-0.3, -0.25) is 14.1 Å². The topological polar surface area (TPSA) is 17.1 Å². The summed E-state index contributed by atoms with van der Waals surface area (Å²) in [5, 5.41) is 0. The monoisotopic (exact) mass is 143 g/mol. The molecule has 0 aliphatic rings.